The zero-order valence-corrected chi connectivity index (χ0v) is 11.5. The van der Waals surface area contributed by atoms with Crippen molar-refractivity contribution in [2.75, 3.05) is 13.7 Å². The molecule has 1 rings (SSSR count). The summed E-state index contributed by atoms with van der Waals surface area (Å²) >= 11 is 3.43. The lowest BCUT2D eigenvalue weighted by Gasteiger charge is -2.10. The number of ether oxygens (including phenoxy) is 1. The van der Waals surface area contributed by atoms with E-state index in [1.807, 2.05) is 32.0 Å². The van der Waals surface area contributed by atoms with E-state index in [2.05, 4.69) is 15.9 Å². The molecule has 1 atom stereocenters. The van der Waals surface area contributed by atoms with Crippen LogP contribution in [0.2, 0.25) is 0 Å². The fourth-order valence-corrected chi connectivity index (χ4v) is 1.75. The highest BCUT2D eigenvalue weighted by molar-refractivity contribution is 9.10. The second-order valence-corrected chi connectivity index (χ2v) is 4.87. The van der Waals surface area contributed by atoms with Gasteiger partial charge in [-0.3, -0.25) is 4.79 Å². The van der Waals surface area contributed by atoms with Gasteiger partial charge in [-0.05, 0) is 31.0 Å². The second kappa shape index (κ2) is 6.16. The number of benzene rings is 1. The molecule has 0 saturated heterocycles. The monoisotopic (exact) mass is 284 g/mol. The molecule has 0 radical (unpaired) electrons. The molecule has 2 nitrogen and oxygen atoms in total. The topological polar surface area (TPSA) is 26.3 Å². The summed E-state index contributed by atoms with van der Waals surface area (Å²) in [7, 11) is 1.65. The molecule has 1 aromatic carbocycles. The van der Waals surface area contributed by atoms with Gasteiger partial charge in [-0.2, -0.15) is 0 Å². The maximum Gasteiger partial charge on any atom is 0.165 e. The van der Waals surface area contributed by atoms with Crippen LogP contribution in [0.3, 0.4) is 0 Å². The first-order valence-corrected chi connectivity index (χ1v) is 6.15. The van der Waals surface area contributed by atoms with Gasteiger partial charge in [0.1, 0.15) is 0 Å². The number of rotatable bonds is 5. The summed E-state index contributed by atoms with van der Waals surface area (Å²) in [6.07, 6.45) is 0.768. The predicted molar refractivity (Wildman–Crippen MR) is 68.9 cm³/mol. The van der Waals surface area contributed by atoms with E-state index in [1.54, 1.807) is 7.11 Å². The number of methoxy groups -OCH3 is 1. The molecule has 0 aromatic heterocycles. The Hall–Kier alpha value is -0.670. The van der Waals surface area contributed by atoms with Crippen molar-refractivity contribution in [2.24, 2.45) is 5.92 Å². The first-order chi connectivity index (χ1) is 7.56. The molecule has 0 aliphatic rings. The van der Waals surface area contributed by atoms with Gasteiger partial charge in [0.05, 0.1) is 0 Å². The molecule has 0 aliphatic heterocycles. The number of halogens is 1. The van der Waals surface area contributed by atoms with E-state index in [4.69, 9.17) is 4.74 Å². The maximum absolute atomic E-state index is 12.0. The summed E-state index contributed by atoms with van der Waals surface area (Å²) in [6.45, 7) is 4.56. The van der Waals surface area contributed by atoms with Crippen LogP contribution in [0.4, 0.5) is 0 Å². The molecular weight excluding hydrogens is 268 g/mol. The Labute approximate surface area is 105 Å². The molecule has 1 unspecified atom stereocenters. The number of carbonyl (C=O) groups is 1. The summed E-state index contributed by atoms with van der Waals surface area (Å²) in [5.74, 6) is 0.202. The molecule has 0 spiro atoms. The minimum atomic E-state index is 0.0144. The van der Waals surface area contributed by atoms with Crippen molar-refractivity contribution < 1.29 is 9.53 Å². The quantitative estimate of drug-likeness (QED) is 0.772. The van der Waals surface area contributed by atoms with Gasteiger partial charge < -0.3 is 4.74 Å². The van der Waals surface area contributed by atoms with E-state index >= 15 is 0 Å². The first kappa shape index (κ1) is 13.4. The summed E-state index contributed by atoms with van der Waals surface area (Å²) in [4.78, 5) is 12.0. The van der Waals surface area contributed by atoms with E-state index < -0.39 is 0 Å². The molecule has 1 aromatic rings. The van der Waals surface area contributed by atoms with Crippen LogP contribution in [0.15, 0.2) is 22.7 Å². The van der Waals surface area contributed by atoms with E-state index in [9.17, 15) is 4.79 Å². The van der Waals surface area contributed by atoms with Gasteiger partial charge >= 0.3 is 0 Å². The van der Waals surface area contributed by atoms with Crippen molar-refractivity contribution in [1.29, 1.82) is 0 Å². The smallest absolute Gasteiger partial charge is 0.165 e. The molecule has 3 heteroatoms. The third-order valence-electron chi connectivity index (χ3n) is 2.65. The number of carbonyl (C=O) groups excluding carboxylic acids is 1. The lowest BCUT2D eigenvalue weighted by molar-refractivity contribution is 0.0893. The number of aryl methyl sites for hydroxylation is 1. The van der Waals surface area contributed by atoms with Gasteiger partial charge in [-0.25, -0.2) is 0 Å². The van der Waals surface area contributed by atoms with Crippen LogP contribution in [-0.4, -0.2) is 19.5 Å². The third-order valence-corrected chi connectivity index (χ3v) is 3.53. The Morgan fingerprint density at radius 1 is 1.50 bits per heavy atom. The summed E-state index contributed by atoms with van der Waals surface area (Å²) < 4.78 is 6.02. The van der Waals surface area contributed by atoms with E-state index in [1.165, 1.54) is 0 Å². The summed E-state index contributed by atoms with van der Waals surface area (Å²) in [6, 6.07) is 5.71. The maximum atomic E-state index is 12.0. The predicted octanol–water partition coefficient (Wildman–Crippen LogP) is 3.61. The van der Waals surface area contributed by atoms with Crippen LogP contribution < -0.4 is 0 Å². The van der Waals surface area contributed by atoms with Crippen molar-refractivity contribution in [3.8, 4) is 0 Å². The van der Waals surface area contributed by atoms with Gasteiger partial charge in [-0.15, -0.1) is 0 Å². The van der Waals surface area contributed by atoms with Gasteiger partial charge in [0.25, 0.3) is 0 Å². The highest BCUT2D eigenvalue weighted by Gasteiger charge is 2.15. The SMILES string of the molecule is COCCC(C)C(=O)c1ccc(Br)c(C)c1. The van der Waals surface area contributed by atoms with E-state index in [0.29, 0.717) is 6.61 Å². The average Bonchev–Trinajstić information content (AvgIpc) is 2.28. The Morgan fingerprint density at radius 2 is 2.19 bits per heavy atom. The Kier molecular flexibility index (Phi) is 5.16. The van der Waals surface area contributed by atoms with Crippen molar-refractivity contribution in [3.63, 3.8) is 0 Å². The van der Waals surface area contributed by atoms with Crippen LogP contribution in [-0.2, 0) is 4.74 Å². The molecule has 88 valence electrons. The number of ketones is 1. The fourth-order valence-electron chi connectivity index (χ4n) is 1.51. The number of hydrogen-bond donors (Lipinski definition) is 0. The highest BCUT2D eigenvalue weighted by atomic mass is 79.9. The van der Waals surface area contributed by atoms with Gasteiger partial charge in [0, 0.05) is 29.7 Å². The zero-order valence-electron chi connectivity index (χ0n) is 9.92. The summed E-state index contributed by atoms with van der Waals surface area (Å²) in [5.41, 5.74) is 1.87. The fraction of sp³-hybridized carbons (Fsp3) is 0.462. The lowest BCUT2D eigenvalue weighted by Crippen LogP contribution is -2.13. The second-order valence-electron chi connectivity index (χ2n) is 4.01. The Morgan fingerprint density at radius 3 is 2.75 bits per heavy atom. The molecule has 0 saturated carbocycles. The summed E-state index contributed by atoms with van der Waals surface area (Å²) in [5, 5.41) is 0. The average molecular weight is 285 g/mol. The van der Waals surface area contributed by atoms with Crippen LogP contribution >= 0.6 is 15.9 Å². The molecule has 16 heavy (non-hydrogen) atoms. The van der Waals surface area contributed by atoms with Crippen molar-refractivity contribution in [1.82, 2.24) is 0 Å². The minimum Gasteiger partial charge on any atom is -0.385 e. The normalized spacial score (nSPS) is 12.5. The molecule has 0 amide bonds. The number of Topliss-reactive ketones (excluding diaryl/α,β-unsaturated/α-hetero) is 1. The Bertz CT molecular complexity index is 374. The Balaban J connectivity index is 2.76. The van der Waals surface area contributed by atoms with Gasteiger partial charge in [0.2, 0.25) is 0 Å². The molecule has 0 fully saturated rings. The molecule has 0 N–H and O–H groups in total. The first-order valence-electron chi connectivity index (χ1n) is 5.35. The van der Waals surface area contributed by atoms with E-state index in [0.717, 1.165) is 22.0 Å². The number of hydrogen-bond acceptors (Lipinski definition) is 2. The van der Waals surface area contributed by atoms with Crippen molar-refractivity contribution in [2.45, 2.75) is 20.3 Å². The third kappa shape index (κ3) is 3.42. The molecular formula is C13H17BrO2. The van der Waals surface area contributed by atoms with Gasteiger partial charge in [-0.1, -0.05) is 28.9 Å². The standard InChI is InChI=1S/C13H17BrO2/c1-9(6-7-16-3)13(15)11-4-5-12(14)10(2)8-11/h4-5,8-9H,6-7H2,1-3H3. The van der Waals surface area contributed by atoms with Crippen molar-refractivity contribution in [3.05, 3.63) is 33.8 Å². The zero-order chi connectivity index (χ0) is 12.1. The lowest BCUT2D eigenvalue weighted by atomic mass is 9.96. The van der Waals surface area contributed by atoms with Crippen LogP contribution in [0.5, 0.6) is 0 Å². The van der Waals surface area contributed by atoms with Crippen molar-refractivity contribution >= 4 is 21.7 Å². The molecule has 0 bridgehead atoms. The molecule has 0 aliphatic carbocycles. The largest absolute Gasteiger partial charge is 0.385 e. The van der Waals surface area contributed by atoms with Crippen LogP contribution in [0.25, 0.3) is 0 Å². The minimum absolute atomic E-state index is 0.0144. The van der Waals surface area contributed by atoms with E-state index in [-0.39, 0.29) is 11.7 Å². The van der Waals surface area contributed by atoms with Gasteiger partial charge in [0.15, 0.2) is 5.78 Å². The highest BCUT2D eigenvalue weighted by Crippen LogP contribution is 2.20. The van der Waals surface area contributed by atoms with Crippen LogP contribution in [0.1, 0.15) is 29.3 Å². The van der Waals surface area contributed by atoms with Crippen LogP contribution in [0, 0.1) is 12.8 Å². The molecule has 0 heterocycles.